The maximum absolute atomic E-state index is 12.7. The van der Waals surface area contributed by atoms with Crippen LogP contribution in [0.15, 0.2) is 126 Å². The van der Waals surface area contributed by atoms with Crippen LogP contribution in [-0.4, -0.2) is 31.4 Å². The number of unbranched alkanes of at least 4 members (excludes halogenated alkanes) is 3. The fraction of sp³-hybridized carbons (Fsp3) is 0.194. The van der Waals surface area contributed by atoms with E-state index in [1.54, 1.807) is 49.5 Å². The minimum absolute atomic E-state index is 0.343. The number of ether oxygens (including phenoxy) is 3. The van der Waals surface area contributed by atoms with Gasteiger partial charge in [-0.15, -0.1) is 0 Å². The maximum atomic E-state index is 12.7. The normalized spacial score (nSPS) is 10.7. The van der Waals surface area contributed by atoms with E-state index >= 15 is 0 Å². The molecule has 220 valence electrons. The van der Waals surface area contributed by atoms with Gasteiger partial charge in [0.2, 0.25) is 0 Å². The summed E-state index contributed by atoms with van der Waals surface area (Å²) in [4.78, 5) is 24.0. The van der Waals surface area contributed by atoms with Crippen molar-refractivity contribution in [1.82, 2.24) is 0 Å². The number of anilines is 2. The number of nitrogens with zero attached hydrogens (tertiary/aromatic N) is 2. The molecule has 0 unspecified atom stereocenters. The average molecular weight is 577 g/mol. The number of hydrazone groups is 1. The predicted molar refractivity (Wildman–Crippen MR) is 170 cm³/mol. The second-order valence-electron chi connectivity index (χ2n) is 9.89. The zero-order chi connectivity index (χ0) is 30.3. The number of hydrogen-bond donors (Lipinski definition) is 0. The molecule has 0 heterocycles. The third-order valence-corrected chi connectivity index (χ3v) is 6.39. The molecule has 0 saturated heterocycles. The second kappa shape index (κ2) is 16.3. The van der Waals surface area contributed by atoms with E-state index in [4.69, 9.17) is 19.3 Å². The van der Waals surface area contributed by atoms with E-state index in [1.807, 2.05) is 77.8 Å². The Balaban J connectivity index is 1.22. The van der Waals surface area contributed by atoms with Gasteiger partial charge in [0.15, 0.2) is 0 Å². The van der Waals surface area contributed by atoms with Gasteiger partial charge >= 0.3 is 11.9 Å². The van der Waals surface area contributed by atoms with Crippen LogP contribution in [-0.2, 0) is 9.53 Å². The first-order chi connectivity index (χ1) is 21.0. The van der Waals surface area contributed by atoms with Crippen molar-refractivity contribution >= 4 is 29.5 Å². The Morgan fingerprint density at radius 1 is 0.721 bits per heavy atom. The van der Waals surface area contributed by atoms with Gasteiger partial charge in [-0.3, -0.25) is 0 Å². The SMILES string of the molecule is C=C(C)C(=O)OCCCCCCOc1ccc(C(=O)Oc2ccc(/C=N/N(c3ccccc3)c3ccccc3)cc2)cc1. The summed E-state index contributed by atoms with van der Waals surface area (Å²) in [6.07, 6.45) is 5.39. The zero-order valence-corrected chi connectivity index (χ0v) is 24.4. The lowest BCUT2D eigenvalue weighted by atomic mass is 10.2. The Labute approximate surface area is 253 Å². The first-order valence-electron chi connectivity index (χ1n) is 14.3. The van der Waals surface area contributed by atoms with Gasteiger partial charge in [-0.2, -0.15) is 5.10 Å². The summed E-state index contributed by atoms with van der Waals surface area (Å²) >= 11 is 0. The predicted octanol–water partition coefficient (Wildman–Crippen LogP) is 8.14. The molecule has 43 heavy (non-hydrogen) atoms. The Hall–Kier alpha value is -5.17. The van der Waals surface area contributed by atoms with Gasteiger partial charge in [-0.1, -0.05) is 43.0 Å². The van der Waals surface area contributed by atoms with Gasteiger partial charge in [-0.05, 0) is 111 Å². The monoisotopic (exact) mass is 576 g/mol. The molecular weight excluding hydrogens is 540 g/mol. The van der Waals surface area contributed by atoms with E-state index in [1.165, 1.54) is 0 Å². The summed E-state index contributed by atoms with van der Waals surface area (Å²) in [5.41, 5.74) is 3.61. The Bertz CT molecular complexity index is 1450. The van der Waals surface area contributed by atoms with E-state index in [9.17, 15) is 9.59 Å². The Morgan fingerprint density at radius 2 is 1.28 bits per heavy atom. The van der Waals surface area contributed by atoms with Crippen LogP contribution in [0.25, 0.3) is 0 Å². The van der Waals surface area contributed by atoms with Crippen LogP contribution in [0, 0.1) is 0 Å². The minimum atomic E-state index is -0.445. The lowest BCUT2D eigenvalue weighted by molar-refractivity contribution is -0.139. The average Bonchev–Trinajstić information content (AvgIpc) is 3.04. The van der Waals surface area contributed by atoms with Crippen molar-refractivity contribution in [2.45, 2.75) is 32.6 Å². The van der Waals surface area contributed by atoms with Crippen molar-refractivity contribution in [1.29, 1.82) is 0 Å². The quantitative estimate of drug-likeness (QED) is 0.0355. The summed E-state index contributed by atoms with van der Waals surface area (Å²) in [5, 5.41) is 6.57. The highest BCUT2D eigenvalue weighted by Gasteiger charge is 2.10. The lowest BCUT2D eigenvalue weighted by Gasteiger charge is -2.19. The number of carbonyl (C=O) groups excluding carboxylic acids is 2. The number of para-hydroxylation sites is 2. The van der Waals surface area contributed by atoms with Crippen LogP contribution in [0.4, 0.5) is 11.4 Å². The standard InChI is InChI=1S/C36H36N2O5/c1-28(2)35(39)42-26-12-4-3-11-25-41-33-23-19-30(20-24-33)36(40)43-34-21-17-29(18-22-34)27-37-38(31-13-7-5-8-14-31)32-15-9-6-10-16-32/h5-10,13-24,27H,1,3-4,11-12,25-26H2,2H3/b37-27+. The molecular formula is C36H36N2O5. The van der Waals surface area contributed by atoms with Gasteiger partial charge in [-0.25, -0.2) is 14.6 Å². The molecule has 0 aromatic heterocycles. The highest BCUT2D eigenvalue weighted by Crippen LogP contribution is 2.25. The number of esters is 2. The molecule has 0 aliphatic carbocycles. The maximum Gasteiger partial charge on any atom is 0.343 e. The Morgan fingerprint density at radius 3 is 1.86 bits per heavy atom. The molecule has 7 heteroatoms. The van der Waals surface area contributed by atoms with Gasteiger partial charge in [0.1, 0.15) is 11.5 Å². The van der Waals surface area contributed by atoms with E-state index in [0.29, 0.717) is 35.8 Å². The fourth-order valence-electron chi connectivity index (χ4n) is 4.06. The van der Waals surface area contributed by atoms with Gasteiger partial charge < -0.3 is 14.2 Å². The molecule has 7 nitrogen and oxygen atoms in total. The number of benzene rings is 4. The summed E-state index contributed by atoms with van der Waals surface area (Å²) in [7, 11) is 0. The molecule has 0 spiro atoms. The van der Waals surface area contributed by atoms with E-state index in [-0.39, 0.29) is 5.97 Å². The third-order valence-electron chi connectivity index (χ3n) is 6.39. The topological polar surface area (TPSA) is 77.4 Å². The molecule has 0 atom stereocenters. The summed E-state index contributed by atoms with van der Waals surface area (Å²) in [6.45, 7) is 6.18. The molecule has 0 aliphatic rings. The van der Waals surface area contributed by atoms with Crippen molar-refractivity contribution in [3.8, 4) is 11.5 Å². The molecule has 4 aromatic carbocycles. The van der Waals surface area contributed by atoms with Crippen molar-refractivity contribution < 1.29 is 23.8 Å². The van der Waals surface area contributed by atoms with E-state index in [0.717, 1.165) is 42.6 Å². The summed E-state index contributed by atoms with van der Waals surface area (Å²) < 4.78 is 16.4. The summed E-state index contributed by atoms with van der Waals surface area (Å²) in [5.74, 6) is 0.347. The highest BCUT2D eigenvalue weighted by molar-refractivity contribution is 5.91. The largest absolute Gasteiger partial charge is 0.494 e. The molecule has 0 fully saturated rings. The first kappa shape index (κ1) is 30.8. The molecule has 0 amide bonds. The molecule has 0 saturated carbocycles. The van der Waals surface area contributed by atoms with Crippen molar-refractivity contribution in [3.05, 3.63) is 132 Å². The van der Waals surface area contributed by atoms with Gasteiger partial charge in [0, 0.05) is 5.57 Å². The molecule has 4 aromatic rings. The van der Waals surface area contributed by atoms with Crippen LogP contribution in [0.2, 0.25) is 0 Å². The smallest absolute Gasteiger partial charge is 0.343 e. The van der Waals surface area contributed by atoms with Crippen molar-refractivity contribution in [3.63, 3.8) is 0 Å². The first-order valence-corrected chi connectivity index (χ1v) is 14.3. The van der Waals surface area contributed by atoms with Crippen molar-refractivity contribution in [2.75, 3.05) is 18.2 Å². The van der Waals surface area contributed by atoms with E-state index < -0.39 is 5.97 Å². The molecule has 4 rings (SSSR count). The van der Waals surface area contributed by atoms with Crippen molar-refractivity contribution in [2.24, 2.45) is 5.10 Å². The third kappa shape index (κ3) is 10.0. The van der Waals surface area contributed by atoms with Crippen LogP contribution < -0.4 is 14.5 Å². The second-order valence-corrected chi connectivity index (χ2v) is 9.89. The fourth-order valence-corrected chi connectivity index (χ4v) is 4.06. The van der Waals surface area contributed by atoms with Crippen LogP contribution in [0.5, 0.6) is 11.5 Å². The molecule has 0 aliphatic heterocycles. The minimum Gasteiger partial charge on any atom is -0.494 e. The Kier molecular flexibility index (Phi) is 11.7. The van der Waals surface area contributed by atoms with Gasteiger partial charge in [0.25, 0.3) is 0 Å². The lowest BCUT2D eigenvalue weighted by Crippen LogP contribution is -2.09. The zero-order valence-electron chi connectivity index (χ0n) is 24.4. The molecule has 0 bridgehead atoms. The number of rotatable bonds is 15. The highest BCUT2D eigenvalue weighted by atomic mass is 16.5. The van der Waals surface area contributed by atoms with E-state index in [2.05, 4.69) is 6.58 Å². The number of carbonyl (C=O) groups is 2. The summed E-state index contributed by atoms with van der Waals surface area (Å²) in [6, 6.07) is 34.0. The van der Waals surface area contributed by atoms with Crippen LogP contribution in [0.1, 0.15) is 48.5 Å². The van der Waals surface area contributed by atoms with Gasteiger partial charge in [0.05, 0.1) is 36.4 Å². The van der Waals surface area contributed by atoms with Crippen LogP contribution >= 0.6 is 0 Å². The van der Waals surface area contributed by atoms with Crippen LogP contribution in [0.3, 0.4) is 0 Å². The number of hydrogen-bond acceptors (Lipinski definition) is 7. The molecule has 0 radical (unpaired) electrons. The molecule has 0 N–H and O–H groups in total.